The van der Waals surface area contributed by atoms with Gasteiger partial charge >= 0.3 is 0 Å². The Hall–Kier alpha value is -2.68. The molecule has 0 spiro atoms. The van der Waals surface area contributed by atoms with Crippen molar-refractivity contribution in [3.63, 3.8) is 0 Å². The molecule has 0 N–H and O–H groups in total. The van der Waals surface area contributed by atoms with Gasteiger partial charge in [0.2, 0.25) is 5.91 Å². The maximum absolute atomic E-state index is 12.7. The van der Waals surface area contributed by atoms with Crippen molar-refractivity contribution in [2.24, 2.45) is 5.92 Å². The van der Waals surface area contributed by atoms with Gasteiger partial charge in [-0.25, -0.2) is 0 Å². The Morgan fingerprint density at radius 1 is 1.04 bits per heavy atom. The summed E-state index contributed by atoms with van der Waals surface area (Å²) < 4.78 is 0. The second-order valence-corrected chi connectivity index (χ2v) is 6.55. The average Bonchev–Trinajstić information content (AvgIpc) is 2.60. The van der Waals surface area contributed by atoms with E-state index in [-0.39, 0.29) is 30.1 Å². The molecular weight excluding hydrogens is 298 g/mol. The molecule has 0 aromatic heterocycles. The molecule has 3 nitrogen and oxygen atoms in total. The van der Waals surface area contributed by atoms with Crippen LogP contribution in [0.2, 0.25) is 0 Å². The molecule has 1 heterocycles. The van der Waals surface area contributed by atoms with Gasteiger partial charge in [0.15, 0.2) is 5.78 Å². The molecule has 4 rings (SSSR count). The minimum absolute atomic E-state index is 0.0208. The SMILES string of the molecule is CC(=O)N1CC(=O)C2=Cc3ccccc3[C@@H](c3ccccc3)[C@H]2C1. The summed E-state index contributed by atoms with van der Waals surface area (Å²) in [6, 6.07) is 18.5. The lowest BCUT2D eigenvalue weighted by atomic mass is 9.69. The molecule has 2 aliphatic rings. The average molecular weight is 317 g/mol. The zero-order valence-corrected chi connectivity index (χ0v) is 13.6. The minimum atomic E-state index is -0.0342. The Morgan fingerprint density at radius 3 is 2.50 bits per heavy atom. The molecule has 2 atom stereocenters. The maximum Gasteiger partial charge on any atom is 0.219 e. The van der Waals surface area contributed by atoms with Crippen molar-refractivity contribution in [2.75, 3.05) is 13.1 Å². The Morgan fingerprint density at radius 2 is 1.75 bits per heavy atom. The Balaban J connectivity index is 1.88. The first kappa shape index (κ1) is 14.9. The van der Waals surface area contributed by atoms with Crippen LogP contribution in [0.5, 0.6) is 0 Å². The van der Waals surface area contributed by atoms with Crippen LogP contribution in [0.15, 0.2) is 60.2 Å². The van der Waals surface area contributed by atoms with Crippen LogP contribution in [0.25, 0.3) is 6.08 Å². The third-order valence-corrected chi connectivity index (χ3v) is 5.12. The molecule has 0 unspecified atom stereocenters. The number of hydrogen-bond acceptors (Lipinski definition) is 2. The van der Waals surface area contributed by atoms with Gasteiger partial charge in [0, 0.05) is 30.9 Å². The molecule has 1 fully saturated rings. The van der Waals surface area contributed by atoms with Crippen molar-refractivity contribution in [2.45, 2.75) is 12.8 Å². The molecule has 2 aromatic rings. The Bertz CT molecular complexity index is 838. The van der Waals surface area contributed by atoms with Gasteiger partial charge in [-0.15, -0.1) is 0 Å². The summed E-state index contributed by atoms with van der Waals surface area (Å²) in [6.07, 6.45) is 2.03. The number of hydrogen-bond donors (Lipinski definition) is 0. The molecule has 0 bridgehead atoms. The van der Waals surface area contributed by atoms with E-state index in [2.05, 4.69) is 24.3 Å². The summed E-state index contributed by atoms with van der Waals surface area (Å²) in [5.41, 5.74) is 4.40. The van der Waals surface area contributed by atoms with Crippen LogP contribution in [-0.4, -0.2) is 29.7 Å². The number of nitrogens with zero attached hydrogens (tertiary/aromatic N) is 1. The van der Waals surface area contributed by atoms with Crippen LogP contribution >= 0.6 is 0 Å². The highest BCUT2D eigenvalue weighted by Crippen LogP contribution is 2.44. The lowest BCUT2D eigenvalue weighted by Crippen LogP contribution is -2.47. The summed E-state index contributed by atoms with van der Waals surface area (Å²) >= 11 is 0. The lowest BCUT2D eigenvalue weighted by Gasteiger charge is -2.41. The van der Waals surface area contributed by atoms with Crippen molar-refractivity contribution in [1.29, 1.82) is 0 Å². The number of amides is 1. The van der Waals surface area contributed by atoms with Crippen LogP contribution in [0, 0.1) is 5.92 Å². The zero-order valence-electron chi connectivity index (χ0n) is 13.6. The summed E-state index contributed by atoms with van der Waals surface area (Å²) in [5.74, 6) is 0.158. The van der Waals surface area contributed by atoms with E-state index in [1.807, 2.05) is 36.4 Å². The lowest BCUT2D eigenvalue weighted by molar-refractivity contribution is -0.135. The van der Waals surface area contributed by atoms with E-state index in [0.29, 0.717) is 6.54 Å². The molecule has 1 aliphatic carbocycles. The molecule has 24 heavy (non-hydrogen) atoms. The monoisotopic (exact) mass is 317 g/mol. The number of benzene rings is 2. The zero-order chi connectivity index (χ0) is 16.7. The van der Waals surface area contributed by atoms with E-state index < -0.39 is 0 Å². The number of rotatable bonds is 1. The smallest absolute Gasteiger partial charge is 0.219 e. The van der Waals surface area contributed by atoms with Crippen molar-refractivity contribution < 1.29 is 9.59 Å². The molecule has 1 amide bonds. The largest absolute Gasteiger partial charge is 0.335 e. The van der Waals surface area contributed by atoms with Crippen LogP contribution in [0.3, 0.4) is 0 Å². The fraction of sp³-hybridized carbons (Fsp3) is 0.238. The van der Waals surface area contributed by atoms with Gasteiger partial charge in [-0.05, 0) is 22.8 Å². The predicted octanol–water partition coefficient (Wildman–Crippen LogP) is 3.26. The number of ketones is 1. The third kappa shape index (κ3) is 2.37. The fourth-order valence-corrected chi connectivity index (χ4v) is 3.97. The van der Waals surface area contributed by atoms with Crippen molar-refractivity contribution >= 4 is 17.8 Å². The molecule has 0 saturated carbocycles. The Kier molecular flexibility index (Phi) is 3.57. The molecule has 1 aliphatic heterocycles. The van der Waals surface area contributed by atoms with E-state index in [1.165, 1.54) is 18.1 Å². The first-order valence-electron chi connectivity index (χ1n) is 8.29. The maximum atomic E-state index is 12.7. The van der Waals surface area contributed by atoms with Gasteiger partial charge in [0.1, 0.15) is 0 Å². The summed E-state index contributed by atoms with van der Waals surface area (Å²) in [6.45, 7) is 2.33. The fourth-order valence-electron chi connectivity index (χ4n) is 3.97. The van der Waals surface area contributed by atoms with E-state index in [9.17, 15) is 9.59 Å². The van der Waals surface area contributed by atoms with Gasteiger partial charge in [-0.2, -0.15) is 0 Å². The first-order valence-corrected chi connectivity index (χ1v) is 8.29. The van der Waals surface area contributed by atoms with Crippen molar-refractivity contribution in [1.82, 2.24) is 4.90 Å². The Labute approximate surface area is 141 Å². The molecule has 3 heteroatoms. The predicted molar refractivity (Wildman–Crippen MR) is 93.5 cm³/mol. The van der Waals surface area contributed by atoms with E-state index in [0.717, 1.165) is 11.1 Å². The van der Waals surface area contributed by atoms with Gasteiger partial charge in [-0.1, -0.05) is 54.6 Å². The molecule has 1 saturated heterocycles. The number of piperidine rings is 1. The van der Waals surface area contributed by atoms with Crippen molar-refractivity contribution in [3.05, 3.63) is 76.9 Å². The van der Waals surface area contributed by atoms with E-state index >= 15 is 0 Å². The van der Waals surface area contributed by atoms with Gasteiger partial charge in [0.05, 0.1) is 6.54 Å². The number of fused-ring (bicyclic) bond motifs is 2. The molecule has 120 valence electrons. The van der Waals surface area contributed by atoms with Gasteiger partial charge < -0.3 is 4.90 Å². The summed E-state index contributed by atoms with van der Waals surface area (Å²) in [7, 11) is 0. The highest BCUT2D eigenvalue weighted by molar-refractivity contribution is 6.04. The second kappa shape index (κ2) is 5.75. The van der Waals surface area contributed by atoms with Crippen LogP contribution in [-0.2, 0) is 9.59 Å². The molecule has 0 radical (unpaired) electrons. The van der Waals surface area contributed by atoms with Gasteiger partial charge in [0.25, 0.3) is 0 Å². The topological polar surface area (TPSA) is 37.4 Å². The number of carbonyl (C=O) groups excluding carboxylic acids is 2. The van der Waals surface area contributed by atoms with E-state index in [4.69, 9.17) is 0 Å². The minimum Gasteiger partial charge on any atom is -0.335 e. The summed E-state index contributed by atoms with van der Waals surface area (Å²) in [4.78, 5) is 26.2. The van der Waals surface area contributed by atoms with E-state index in [1.54, 1.807) is 4.90 Å². The molecule has 2 aromatic carbocycles. The van der Waals surface area contributed by atoms with Crippen LogP contribution in [0.1, 0.15) is 29.5 Å². The standard InChI is InChI=1S/C21H19NO2/c1-14(23)22-12-19-18(20(24)13-22)11-16-9-5-6-10-17(16)21(19)15-7-3-2-4-8-15/h2-11,19,21H,12-13H2,1H3/t19-,21+/m0/s1. The normalized spacial score (nSPS) is 22.5. The van der Waals surface area contributed by atoms with Gasteiger partial charge in [-0.3, -0.25) is 9.59 Å². The third-order valence-electron chi connectivity index (χ3n) is 5.12. The highest BCUT2D eigenvalue weighted by Gasteiger charge is 2.40. The summed E-state index contributed by atoms with van der Waals surface area (Å²) in [5, 5.41) is 0. The number of Topliss-reactive ketones (excluding diaryl/α,β-unsaturated/α-hetero) is 1. The van der Waals surface area contributed by atoms with Crippen LogP contribution < -0.4 is 0 Å². The first-order chi connectivity index (χ1) is 11.6. The quantitative estimate of drug-likeness (QED) is 0.809. The molecular formula is C21H19NO2. The van der Waals surface area contributed by atoms with Crippen LogP contribution in [0.4, 0.5) is 0 Å². The second-order valence-electron chi connectivity index (χ2n) is 6.55. The number of likely N-dealkylation sites (tertiary alicyclic amines) is 1. The van der Waals surface area contributed by atoms with Crippen molar-refractivity contribution in [3.8, 4) is 0 Å². The highest BCUT2D eigenvalue weighted by atomic mass is 16.2. The number of carbonyl (C=O) groups is 2.